The molecule has 9 heteroatoms. The summed E-state index contributed by atoms with van der Waals surface area (Å²) in [4.78, 5) is 14.4. The normalized spacial score (nSPS) is 12.9. The molecule has 0 aromatic heterocycles. The summed E-state index contributed by atoms with van der Waals surface area (Å²) in [5.74, 6) is -0.181. The zero-order chi connectivity index (χ0) is 24.6. The molecule has 33 heavy (non-hydrogen) atoms. The van der Waals surface area contributed by atoms with Crippen LogP contribution in [-0.4, -0.2) is 48.2 Å². The second-order valence-corrected chi connectivity index (χ2v) is 9.24. The SMILES string of the molecule is CC(C)CCN(CCc1ccc(Cl)c(Cl)c1)CC(O)CNC(=O)c1cccc(C(F)(F)F)c1. The third-order valence-electron chi connectivity index (χ3n) is 5.14. The maximum Gasteiger partial charge on any atom is 0.416 e. The van der Waals surface area contributed by atoms with Gasteiger partial charge in [0.2, 0.25) is 0 Å². The van der Waals surface area contributed by atoms with Gasteiger partial charge in [0.15, 0.2) is 0 Å². The summed E-state index contributed by atoms with van der Waals surface area (Å²) in [6, 6.07) is 9.67. The predicted octanol–water partition coefficient (Wildman–Crippen LogP) is 5.69. The van der Waals surface area contributed by atoms with Crippen molar-refractivity contribution in [2.45, 2.75) is 39.0 Å². The lowest BCUT2D eigenvalue weighted by molar-refractivity contribution is -0.137. The van der Waals surface area contributed by atoms with E-state index >= 15 is 0 Å². The Hall–Kier alpha value is -1.80. The second-order valence-electron chi connectivity index (χ2n) is 8.42. The minimum absolute atomic E-state index is 0.0694. The van der Waals surface area contributed by atoms with E-state index in [0.717, 1.165) is 30.7 Å². The van der Waals surface area contributed by atoms with Crippen LogP contribution in [0.25, 0.3) is 0 Å². The summed E-state index contributed by atoms with van der Waals surface area (Å²) in [7, 11) is 0. The van der Waals surface area contributed by atoms with Crippen molar-refractivity contribution in [3.63, 3.8) is 0 Å². The van der Waals surface area contributed by atoms with E-state index < -0.39 is 23.8 Å². The molecule has 0 spiro atoms. The highest BCUT2D eigenvalue weighted by Crippen LogP contribution is 2.29. The van der Waals surface area contributed by atoms with E-state index in [1.807, 2.05) is 12.1 Å². The second kappa shape index (κ2) is 12.6. The van der Waals surface area contributed by atoms with Gasteiger partial charge in [-0.1, -0.05) is 49.2 Å². The van der Waals surface area contributed by atoms with Gasteiger partial charge in [-0.15, -0.1) is 0 Å². The zero-order valence-corrected chi connectivity index (χ0v) is 20.1. The van der Waals surface area contributed by atoms with Crippen LogP contribution in [0.15, 0.2) is 42.5 Å². The number of halogens is 5. The van der Waals surface area contributed by atoms with Gasteiger partial charge < -0.3 is 15.3 Å². The van der Waals surface area contributed by atoms with Gasteiger partial charge in [0.1, 0.15) is 0 Å². The first kappa shape index (κ1) is 27.4. The Morgan fingerprint density at radius 1 is 1.09 bits per heavy atom. The first-order valence-electron chi connectivity index (χ1n) is 10.8. The molecule has 0 fully saturated rings. The molecule has 2 aromatic carbocycles. The van der Waals surface area contributed by atoms with E-state index in [2.05, 4.69) is 24.1 Å². The molecule has 182 valence electrons. The fourth-order valence-corrected chi connectivity index (χ4v) is 3.55. The smallest absolute Gasteiger partial charge is 0.390 e. The highest BCUT2D eigenvalue weighted by molar-refractivity contribution is 6.42. The lowest BCUT2D eigenvalue weighted by Crippen LogP contribution is -2.41. The highest BCUT2D eigenvalue weighted by atomic mass is 35.5. The van der Waals surface area contributed by atoms with Crippen LogP contribution < -0.4 is 5.32 Å². The van der Waals surface area contributed by atoms with E-state index in [1.54, 1.807) is 6.07 Å². The lowest BCUT2D eigenvalue weighted by Gasteiger charge is -2.26. The van der Waals surface area contributed by atoms with Gasteiger partial charge in [0.05, 0.1) is 21.7 Å². The van der Waals surface area contributed by atoms with Gasteiger partial charge in [-0.3, -0.25) is 4.79 Å². The van der Waals surface area contributed by atoms with Crippen LogP contribution in [0.2, 0.25) is 10.0 Å². The Balaban J connectivity index is 1.92. The van der Waals surface area contributed by atoms with E-state index in [-0.39, 0.29) is 12.1 Å². The summed E-state index contributed by atoms with van der Waals surface area (Å²) in [6.07, 6.45) is -3.76. The number of alkyl halides is 3. The lowest BCUT2D eigenvalue weighted by atomic mass is 10.1. The monoisotopic (exact) mass is 504 g/mol. The van der Waals surface area contributed by atoms with E-state index in [9.17, 15) is 23.1 Å². The third-order valence-corrected chi connectivity index (χ3v) is 5.88. The molecule has 0 aliphatic heterocycles. The topological polar surface area (TPSA) is 52.6 Å². The molecule has 1 unspecified atom stereocenters. The molecule has 0 aliphatic carbocycles. The maximum atomic E-state index is 12.9. The quantitative estimate of drug-likeness (QED) is 0.413. The largest absolute Gasteiger partial charge is 0.416 e. The van der Waals surface area contributed by atoms with Crippen molar-refractivity contribution in [2.75, 3.05) is 26.2 Å². The fraction of sp³-hybridized carbons (Fsp3) is 0.458. The molecule has 4 nitrogen and oxygen atoms in total. The maximum absolute atomic E-state index is 12.9. The van der Waals surface area contributed by atoms with Gasteiger partial charge in [-0.25, -0.2) is 0 Å². The molecule has 0 radical (unpaired) electrons. The Morgan fingerprint density at radius 2 is 1.82 bits per heavy atom. The predicted molar refractivity (Wildman–Crippen MR) is 126 cm³/mol. The molecule has 2 aromatic rings. The van der Waals surface area contributed by atoms with Crippen LogP contribution in [0.5, 0.6) is 0 Å². The molecule has 2 N–H and O–H groups in total. The molecule has 0 bridgehead atoms. The molecule has 2 rings (SSSR count). The number of carbonyl (C=O) groups excluding carboxylic acids is 1. The standard InChI is InChI=1S/C24H29Cl2F3N2O2/c1-16(2)8-10-31(11-9-17-6-7-21(25)22(26)12-17)15-20(32)14-30-23(33)18-4-3-5-19(13-18)24(27,28)29/h3-7,12-13,16,20,32H,8-11,14-15H2,1-2H3,(H,30,33). The molecule has 0 heterocycles. The summed E-state index contributed by atoms with van der Waals surface area (Å²) < 4.78 is 38.6. The summed E-state index contributed by atoms with van der Waals surface area (Å²) >= 11 is 12.1. The van der Waals surface area contributed by atoms with E-state index in [1.165, 1.54) is 12.1 Å². The van der Waals surface area contributed by atoms with E-state index in [0.29, 0.717) is 35.5 Å². The van der Waals surface area contributed by atoms with Crippen LogP contribution in [0.1, 0.15) is 41.8 Å². The number of nitrogens with zero attached hydrogens (tertiary/aromatic N) is 1. The van der Waals surface area contributed by atoms with Crippen molar-refractivity contribution in [3.8, 4) is 0 Å². The van der Waals surface area contributed by atoms with Gasteiger partial charge in [0, 0.05) is 25.2 Å². The number of carbonyl (C=O) groups is 1. The van der Waals surface area contributed by atoms with Crippen LogP contribution in [-0.2, 0) is 12.6 Å². The molecule has 0 aliphatic rings. The Bertz CT molecular complexity index is 923. The molecular formula is C24H29Cl2F3N2O2. The number of hydrogen-bond donors (Lipinski definition) is 2. The summed E-state index contributed by atoms with van der Waals surface area (Å²) in [6.45, 7) is 5.91. The summed E-state index contributed by atoms with van der Waals surface area (Å²) in [5, 5.41) is 14.0. The minimum Gasteiger partial charge on any atom is -0.390 e. The molecule has 0 saturated heterocycles. The van der Waals surface area contributed by atoms with Gasteiger partial charge in [0.25, 0.3) is 5.91 Å². The number of aliphatic hydroxyl groups excluding tert-OH is 1. The van der Waals surface area contributed by atoms with Crippen molar-refractivity contribution in [1.82, 2.24) is 10.2 Å². The minimum atomic E-state index is -4.53. The first-order chi connectivity index (χ1) is 15.5. The summed E-state index contributed by atoms with van der Waals surface area (Å²) in [5.41, 5.74) is 0.0254. The van der Waals surface area contributed by atoms with E-state index in [4.69, 9.17) is 23.2 Å². The highest BCUT2D eigenvalue weighted by Gasteiger charge is 2.30. The number of rotatable bonds is 11. The Labute approximate surface area is 202 Å². The van der Waals surface area contributed by atoms with Crippen LogP contribution in [0.4, 0.5) is 13.2 Å². The van der Waals surface area contributed by atoms with Gasteiger partial charge >= 0.3 is 6.18 Å². The molecule has 0 saturated carbocycles. The number of aliphatic hydroxyl groups is 1. The zero-order valence-electron chi connectivity index (χ0n) is 18.6. The average Bonchev–Trinajstić information content (AvgIpc) is 2.75. The van der Waals surface area contributed by atoms with Crippen LogP contribution in [0, 0.1) is 5.92 Å². The number of nitrogens with one attached hydrogen (secondary N) is 1. The van der Waals surface area contributed by atoms with Crippen molar-refractivity contribution >= 4 is 29.1 Å². The van der Waals surface area contributed by atoms with Gasteiger partial charge in [-0.05, 0) is 61.2 Å². The number of amides is 1. The molecule has 1 amide bonds. The van der Waals surface area contributed by atoms with Crippen molar-refractivity contribution in [2.24, 2.45) is 5.92 Å². The fourth-order valence-electron chi connectivity index (χ4n) is 3.23. The average molecular weight is 505 g/mol. The van der Waals surface area contributed by atoms with Gasteiger partial charge in [-0.2, -0.15) is 13.2 Å². The van der Waals surface area contributed by atoms with Crippen LogP contribution in [0.3, 0.4) is 0 Å². The number of benzene rings is 2. The number of hydrogen-bond acceptors (Lipinski definition) is 3. The Morgan fingerprint density at radius 3 is 2.45 bits per heavy atom. The van der Waals surface area contributed by atoms with Crippen molar-refractivity contribution < 1.29 is 23.1 Å². The molecular weight excluding hydrogens is 476 g/mol. The molecule has 1 atom stereocenters. The van der Waals surface area contributed by atoms with Crippen molar-refractivity contribution in [3.05, 3.63) is 69.2 Å². The van der Waals surface area contributed by atoms with Crippen LogP contribution >= 0.6 is 23.2 Å². The first-order valence-corrected chi connectivity index (χ1v) is 11.5. The third kappa shape index (κ3) is 9.53. The van der Waals surface area contributed by atoms with Crippen molar-refractivity contribution in [1.29, 1.82) is 0 Å². The Kier molecular flexibility index (Phi) is 10.5.